The fourth-order valence-electron chi connectivity index (χ4n) is 1.91. The van der Waals surface area contributed by atoms with E-state index in [0.717, 1.165) is 29.6 Å². The molecule has 0 atom stereocenters. The van der Waals surface area contributed by atoms with Crippen LogP contribution in [0.5, 0.6) is 0 Å². The van der Waals surface area contributed by atoms with Gasteiger partial charge in [0.15, 0.2) is 0 Å². The molecule has 112 valence electrons. The quantitative estimate of drug-likeness (QED) is 0.468. The van der Waals surface area contributed by atoms with Gasteiger partial charge in [-0.25, -0.2) is 0 Å². The zero-order valence-electron chi connectivity index (χ0n) is 11.7. The number of carbonyl (C=O) groups is 1. The van der Waals surface area contributed by atoms with Crippen molar-refractivity contribution >= 4 is 33.0 Å². The van der Waals surface area contributed by atoms with Crippen molar-refractivity contribution in [3.05, 3.63) is 39.3 Å². The molecule has 21 heavy (non-hydrogen) atoms. The number of benzene rings is 1. The van der Waals surface area contributed by atoms with Crippen molar-refractivity contribution in [1.29, 1.82) is 0 Å². The highest BCUT2D eigenvalue weighted by Crippen LogP contribution is 2.28. The van der Waals surface area contributed by atoms with Crippen LogP contribution in [0.1, 0.15) is 23.0 Å². The van der Waals surface area contributed by atoms with E-state index in [4.69, 9.17) is 0 Å². The minimum absolute atomic E-state index is 0.0380. The van der Waals surface area contributed by atoms with Crippen molar-refractivity contribution in [2.24, 2.45) is 0 Å². The monoisotopic (exact) mass is 307 g/mol. The lowest BCUT2D eigenvalue weighted by Crippen LogP contribution is -2.31. The number of fused-ring (bicyclic) bond motifs is 1. The van der Waals surface area contributed by atoms with Crippen LogP contribution in [0.25, 0.3) is 10.1 Å². The number of nitrogens with zero attached hydrogens (tertiary/aromatic N) is 1. The molecule has 0 aliphatic heterocycles. The number of hydrogen-bond acceptors (Lipinski definition) is 5. The first-order valence-corrected chi connectivity index (χ1v) is 7.60. The van der Waals surface area contributed by atoms with Gasteiger partial charge in [-0.05, 0) is 25.1 Å². The molecule has 0 radical (unpaired) electrons. The van der Waals surface area contributed by atoms with Crippen molar-refractivity contribution < 1.29 is 9.72 Å². The number of nitro benzene ring substituents is 1. The van der Waals surface area contributed by atoms with Crippen molar-refractivity contribution in [1.82, 2.24) is 10.6 Å². The largest absolute Gasteiger partial charge is 0.350 e. The van der Waals surface area contributed by atoms with E-state index in [0.29, 0.717) is 11.4 Å². The van der Waals surface area contributed by atoms with Crippen molar-refractivity contribution in [3.8, 4) is 0 Å². The zero-order valence-corrected chi connectivity index (χ0v) is 12.5. The van der Waals surface area contributed by atoms with Gasteiger partial charge in [0.1, 0.15) is 0 Å². The molecular weight excluding hydrogens is 290 g/mol. The highest BCUT2D eigenvalue weighted by atomic mass is 32.1. The van der Waals surface area contributed by atoms with E-state index >= 15 is 0 Å². The summed E-state index contributed by atoms with van der Waals surface area (Å²) in [7, 11) is 0. The van der Waals surface area contributed by atoms with Crippen LogP contribution in [0.4, 0.5) is 5.69 Å². The predicted molar refractivity (Wildman–Crippen MR) is 84.0 cm³/mol. The van der Waals surface area contributed by atoms with Gasteiger partial charge in [0, 0.05) is 35.3 Å². The number of nitrogens with one attached hydrogen (secondary N) is 2. The van der Waals surface area contributed by atoms with E-state index in [1.165, 1.54) is 23.5 Å². The lowest BCUT2D eigenvalue weighted by atomic mass is 10.2. The fraction of sp³-hybridized carbons (Fsp3) is 0.357. The molecule has 2 N–H and O–H groups in total. The van der Waals surface area contributed by atoms with Gasteiger partial charge in [-0.15, -0.1) is 11.3 Å². The molecule has 0 saturated carbocycles. The van der Waals surface area contributed by atoms with E-state index in [-0.39, 0.29) is 11.6 Å². The lowest BCUT2D eigenvalue weighted by Gasteiger charge is -2.04. The predicted octanol–water partition coefficient (Wildman–Crippen LogP) is 2.54. The van der Waals surface area contributed by atoms with Crippen molar-refractivity contribution in [2.45, 2.75) is 13.3 Å². The van der Waals surface area contributed by atoms with E-state index in [9.17, 15) is 14.9 Å². The summed E-state index contributed by atoms with van der Waals surface area (Å²) in [5.41, 5.74) is 0.0380. The van der Waals surface area contributed by atoms with Gasteiger partial charge in [-0.1, -0.05) is 6.92 Å². The summed E-state index contributed by atoms with van der Waals surface area (Å²) >= 11 is 1.34. The van der Waals surface area contributed by atoms with Crippen LogP contribution in [0, 0.1) is 10.1 Å². The van der Waals surface area contributed by atoms with Crippen LogP contribution in [-0.2, 0) is 0 Å². The van der Waals surface area contributed by atoms with E-state index in [1.54, 1.807) is 12.1 Å². The van der Waals surface area contributed by atoms with Gasteiger partial charge >= 0.3 is 0 Å². The van der Waals surface area contributed by atoms with Crippen LogP contribution >= 0.6 is 11.3 Å². The third kappa shape index (κ3) is 3.99. The second-order valence-electron chi connectivity index (χ2n) is 4.60. The second-order valence-corrected chi connectivity index (χ2v) is 5.68. The lowest BCUT2D eigenvalue weighted by molar-refractivity contribution is -0.384. The third-order valence-electron chi connectivity index (χ3n) is 2.95. The maximum absolute atomic E-state index is 12.0. The molecule has 0 fully saturated rings. The molecule has 2 aromatic rings. The van der Waals surface area contributed by atoms with Crippen LogP contribution in [-0.4, -0.2) is 30.5 Å². The number of non-ortho nitro benzene ring substituents is 1. The molecular formula is C14H17N3O3S. The Morgan fingerprint density at radius 2 is 2.10 bits per heavy atom. The highest BCUT2D eigenvalue weighted by Gasteiger charge is 2.12. The Kier molecular flexibility index (Phi) is 5.24. The molecule has 0 spiro atoms. The Bertz CT molecular complexity index is 654. The summed E-state index contributed by atoms with van der Waals surface area (Å²) in [6.45, 7) is 4.31. The minimum Gasteiger partial charge on any atom is -0.350 e. The highest BCUT2D eigenvalue weighted by molar-refractivity contribution is 7.20. The second kappa shape index (κ2) is 7.14. The molecule has 0 aliphatic rings. The van der Waals surface area contributed by atoms with Crippen LogP contribution in [0.15, 0.2) is 24.3 Å². The summed E-state index contributed by atoms with van der Waals surface area (Å²) in [5.74, 6) is -0.142. The van der Waals surface area contributed by atoms with Crippen LogP contribution in [0.3, 0.4) is 0 Å². The SMILES string of the molecule is CCCNCCNC(=O)c1cc2cc([N+](=O)[O-])ccc2s1. The van der Waals surface area contributed by atoms with Crippen LogP contribution in [0.2, 0.25) is 0 Å². The number of rotatable bonds is 7. The van der Waals surface area contributed by atoms with Crippen molar-refractivity contribution in [3.63, 3.8) is 0 Å². The Balaban J connectivity index is 2.01. The summed E-state index contributed by atoms with van der Waals surface area (Å²) in [6, 6.07) is 6.32. The summed E-state index contributed by atoms with van der Waals surface area (Å²) in [5, 5.41) is 17.5. The molecule has 1 aromatic heterocycles. The van der Waals surface area contributed by atoms with Gasteiger partial charge in [0.2, 0.25) is 0 Å². The standard InChI is InChI=1S/C14H17N3O3S/c1-2-5-15-6-7-16-14(18)13-9-10-8-11(17(19)20)3-4-12(10)21-13/h3-4,8-9,15H,2,5-7H2,1H3,(H,16,18). The average Bonchev–Trinajstić information content (AvgIpc) is 2.89. The first kappa shape index (κ1) is 15.4. The van der Waals surface area contributed by atoms with E-state index in [1.807, 2.05) is 0 Å². The fourth-order valence-corrected chi connectivity index (χ4v) is 2.87. The van der Waals surface area contributed by atoms with E-state index in [2.05, 4.69) is 17.6 Å². The van der Waals surface area contributed by atoms with Crippen LogP contribution < -0.4 is 10.6 Å². The maximum Gasteiger partial charge on any atom is 0.270 e. The smallest absolute Gasteiger partial charge is 0.270 e. The number of nitro groups is 1. The van der Waals surface area contributed by atoms with Gasteiger partial charge in [-0.2, -0.15) is 0 Å². The molecule has 0 saturated heterocycles. The Morgan fingerprint density at radius 1 is 1.29 bits per heavy atom. The van der Waals surface area contributed by atoms with Gasteiger partial charge in [0.25, 0.3) is 11.6 Å². The molecule has 7 heteroatoms. The third-order valence-corrected chi connectivity index (χ3v) is 4.06. The molecule has 6 nitrogen and oxygen atoms in total. The normalized spacial score (nSPS) is 10.7. The maximum atomic E-state index is 12.0. The zero-order chi connectivity index (χ0) is 15.2. The summed E-state index contributed by atoms with van der Waals surface area (Å²) in [4.78, 5) is 22.9. The Labute approximate surface area is 126 Å². The number of thiophene rings is 1. The van der Waals surface area contributed by atoms with Gasteiger partial charge in [0.05, 0.1) is 9.80 Å². The summed E-state index contributed by atoms with van der Waals surface area (Å²) in [6.07, 6.45) is 1.06. The molecule has 0 unspecified atom stereocenters. The first-order chi connectivity index (χ1) is 10.1. The summed E-state index contributed by atoms with van der Waals surface area (Å²) < 4.78 is 0.870. The molecule has 0 bridgehead atoms. The van der Waals surface area contributed by atoms with E-state index < -0.39 is 4.92 Å². The van der Waals surface area contributed by atoms with Crippen molar-refractivity contribution in [2.75, 3.05) is 19.6 Å². The Hall–Kier alpha value is -1.99. The molecule has 1 aromatic carbocycles. The number of amides is 1. The topological polar surface area (TPSA) is 84.3 Å². The first-order valence-electron chi connectivity index (χ1n) is 6.78. The average molecular weight is 307 g/mol. The minimum atomic E-state index is -0.434. The van der Waals surface area contributed by atoms with Gasteiger partial charge in [-0.3, -0.25) is 14.9 Å². The molecule has 0 aliphatic carbocycles. The molecule has 1 heterocycles. The Morgan fingerprint density at radius 3 is 2.81 bits per heavy atom. The van der Waals surface area contributed by atoms with Gasteiger partial charge < -0.3 is 10.6 Å². The molecule has 1 amide bonds. The number of hydrogen-bond donors (Lipinski definition) is 2. The number of carbonyl (C=O) groups excluding carboxylic acids is 1. The molecule has 2 rings (SSSR count).